The first-order chi connectivity index (χ1) is 8.66. The van der Waals surface area contributed by atoms with E-state index in [4.69, 9.17) is 0 Å². The van der Waals surface area contributed by atoms with Crippen LogP contribution in [0.2, 0.25) is 0 Å². The fourth-order valence-electron chi connectivity index (χ4n) is 2.51. The van der Waals surface area contributed by atoms with Crippen molar-refractivity contribution < 1.29 is 13.2 Å². The largest absolute Gasteiger partial charge is 0.382 e. The molecule has 18 heavy (non-hydrogen) atoms. The van der Waals surface area contributed by atoms with Crippen molar-refractivity contribution in [2.75, 3.05) is 11.9 Å². The first-order valence-electron chi connectivity index (χ1n) is 6.55. The molecule has 1 aliphatic carbocycles. The van der Waals surface area contributed by atoms with Crippen LogP contribution in [-0.2, 0) is 0 Å². The van der Waals surface area contributed by atoms with Crippen LogP contribution < -0.4 is 5.32 Å². The Morgan fingerprint density at radius 1 is 1.00 bits per heavy atom. The van der Waals surface area contributed by atoms with E-state index in [1.54, 1.807) is 0 Å². The third kappa shape index (κ3) is 3.40. The van der Waals surface area contributed by atoms with Crippen LogP contribution in [0.5, 0.6) is 0 Å². The molecule has 1 aliphatic rings. The lowest BCUT2D eigenvalue weighted by atomic mass is 10.0. The van der Waals surface area contributed by atoms with Crippen molar-refractivity contribution in [1.82, 2.24) is 0 Å². The summed E-state index contributed by atoms with van der Waals surface area (Å²) in [5.74, 6) is -2.42. The van der Waals surface area contributed by atoms with Gasteiger partial charge in [-0.25, -0.2) is 13.2 Å². The second kappa shape index (κ2) is 6.12. The van der Waals surface area contributed by atoms with Crippen molar-refractivity contribution >= 4 is 5.69 Å². The molecule has 0 radical (unpaired) electrons. The van der Waals surface area contributed by atoms with Gasteiger partial charge in [0.1, 0.15) is 5.82 Å². The summed E-state index contributed by atoms with van der Waals surface area (Å²) in [7, 11) is 0. The highest BCUT2D eigenvalue weighted by atomic mass is 19.2. The molecule has 1 nitrogen and oxygen atoms in total. The molecule has 1 fully saturated rings. The number of hydrogen-bond acceptors (Lipinski definition) is 1. The van der Waals surface area contributed by atoms with Gasteiger partial charge in [-0.1, -0.05) is 25.7 Å². The Bertz CT molecular complexity index is 398. The van der Waals surface area contributed by atoms with E-state index in [2.05, 4.69) is 5.32 Å². The normalized spacial score (nSPS) is 17.5. The lowest BCUT2D eigenvalue weighted by molar-refractivity contribution is 0.475. The molecule has 4 heteroatoms. The minimum absolute atomic E-state index is 0.0725. The number of hydrogen-bond donors (Lipinski definition) is 1. The molecule has 1 N–H and O–H groups in total. The molecule has 0 heterocycles. The minimum atomic E-state index is -1.14. The number of halogens is 3. The van der Waals surface area contributed by atoms with Gasteiger partial charge in [0.2, 0.25) is 0 Å². The predicted octanol–water partition coefficient (Wildman–Crippen LogP) is 4.49. The quantitative estimate of drug-likeness (QED) is 0.621. The molecule has 0 amide bonds. The van der Waals surface area contributed by atoms with E-state index in [-0.39, 0.29) is 5.69 Å². The van der Waals surface area contributed by atoms with Crippen molar-refractivity contribution in [2.24, 2.45) is 5.92 Å². The van der Waals surface area contributed by atoms with Crippen LogP contribution in [0.3, 0.4) is 0 Å². The maximum absolute atomic E-state index is 13.4. The molecule has 2 rings (SSSR count). The maximum atomic E-state index is 13.4. The average Bonchev–Trinajstić information content (AvgIpc) is 2.60. The zero-order chi connectivity index (χ0) is 13.0. The molecule has 1 saturated carbocycles. The van der Waals surface area contributed by atoms with E-state index in [0.29, 0.717) is 18.5 Å². The van der Waals surface area contributed by atoms with Crippen molar-refractivity contribution in [3.8, 4) is 0 Å². The summed E-state index contributed by atoms with van der Waals surface area (Å²) in [5.41, 5.74) is -0.0725. The van der Waals surface area contributed by atoms with Crippen LogP contribution in [0.4, 0.5) is 18.9 Å². The number of benzene rings is 1. The van der Waals surface area contributed by atoms with E-state index >= 15 is 0 Å². The van der Waals surface area contributed by atoms with Gasteiger partial charge >= 0.3 is 0 Å². The Morgan fingerprint density at radius 2 is 1.67 bits per heavy atom. The highest BCUT2D eigenvalue weighted by Crippen LogP contribution is 2.24. The summed E-state index contributed by atoms with van der Waals surface area (Å²) in [6, 6.07) is 1.57. The predicted molar refractivity (Wildman–Crippen MR) is 66.0 cm³/mol. The Labute approximate surface area is 105 Å². The maximum Gasteiger partial charge on any atom is 0.182 e. The summed E-state index contributed by atoms with van der Waals surface area (Å²) in [6.45, 7) is 0.583. The average molecular weight is 257 g/mol. The minimum Gasteiger partial charge on any atom is -0.382 e. The third-order valence-electron chi connectivity index (χ3n) is 3.55. The second-order valence-electron chi connectivity index (χ2n) is 4.99. The first-order valence-corrected chi connectivity index (χ1v) is 6.55. The lowest BCUT2D eigenvalue weighted by Crippen LogP contribution is -2.15. The van der Waals surface area contributed by atoms with Crippen molar-refractivity contribution in [1.29, 1.82) is 0 Å². The smallest absolute Gasteiger partial charge is 0.182 e. The Morgan fingerprint density at radius 3 is 2.33 bits per heavy atom. The molecule has 1 aromatic rings. The van der Waals surface area contributed by atoms with Gasteiger partial charge in [-0.15, -0.1) is 0 Å². The van der Waals surface area contributed by atoms with Crippen LogP contribution in [0.15, 0.2) is 12.1 Å². The van der Waals surface area contributed by atoms with E-state index in [0.717, 1.165) is 18.9 Å². The highest BCUT2D eigenvalue weighted by molar-refractivity contribution is 5.45. The van der Waals surface area contributed by atoms with Crippen molar-refractivity contribution in [3.05, 3.63) is 29.6 Å². The summed E-state index contributed by atoms with van der Waals surface area (Å²) in [4.78, 5) is 0. The monoisotopic (exact) mass is 257 g/mol. The molecule has 0 saturated heterocycles. The van der Waals surface area contributed by atoms with Crippen LogP contribution in [0.1, 0.15) is 38.5 Å². The molecule has 0 aliphatic heterocycles. The summed E-state index contributed by atoms with van der Waals surface area (Å²) in [6.07, 6.45) is 7.08. The van der Waals surface area contributed by atoms with E-state index in [9.17, 15) is 13.2 Å². The fourth-order valence-corrected chi connectivity index (χ4v) is 2.51. The van der Waals surface area contributed by atoms with Crippen LogP contribution >= 0.6 is 0 Å². The highest BCUT2D eigenvalue weighted by Gasteiger charge is 2.15. The van der Waals surface area contributed by atoms with Crippen LogP contribution in [0.25, 0.3) is 0 Å². The van der Waals surface area contributed by atoms with Crippen LogP contribution in [0, 0.1) is 23.4 Å². The van der Waals surface area contributed by atoms with Gasteiger partial charge in [0.15, 0.2) is 11.6 Å². The van der Waals surface area contributed by atoms with E-state index < -0.39 is 17.5 Å². The molecular formula is C14H18F3N. The second-order valence-corrected chi connectivity index (χ2v) is 4.99. The van der Waals surface area contributed by atoms with Gasteiger partial charge in [-0.05, 0) is 18.8 Å². The zero-order valence-corrected chi connectivity index (χ0v) is 10.3. The molecule has 0 bridgehead atoms. The lowest BCUT2D eigenvalue weighted by Gasteiger charge is -2.16. The van der Waals surface area contributed by atoms with Gasteiger partial charge in [-0.2, -0.15) is 0 Å². The molecule has 0 spiro atoms. The summed E-state index contributed by atoms with van der Waals surface area (Å²) < 4.78 is 39.4. The Kier molecular flexibility index (Phi) is 4.50. The number of rotatable bonds is 3. The van der Waals surface area contributed by atoms with E-state index in [1.165, 1.54) is 25.7 Å². The van der Waals surface area contributed by atoms with Gasteiger partial charge in [0, 0.05) is 18.7 Å². The van der Waals surface area contributed by atoms with Gasteiger partial charge in [0.25, 0.3) is 0 Å². The topological polar surface area (TPSA) is 12.0 Å². The van der Waals surface area contributed by atoms with E-state index in [1.807, 2.05) is 0 Å². The summed E-state index contributed by atoms with van der Waals surface area (Å²) >= 11 is 0. The zero-order valence-electron chi connectivity index (χ0n) is 10.3. The van der Waals surface area contributed by atoms with Gasteiger partial charge < -0.3 is 5.32 Å². The third-order valence-corrected chi connectivity index (χ3v) is 3.55. The van der Waals surface area contributed by atoms with Crippen LogP contribution in [-0.4, -0.2) is 6.54 Å². The Hall–Kier alpha value is -1.19. The molecule has 0 unspecified atom stereocenters. The number of nitrogens with one attached hydrogen (secondary N) is 1. The molecule has 1 aromatic carbocycles. The standard InChI is InChI=1S/C14H18F3N/c15-11-7-12(16)14(17)13(8-11)18-9-10-5-3-1-2-4-6-10/h7-8,10,18H,1-6,9H2. The molecule has 0 aromatic heterocycles. The SMILES string of the molecule is Fc1cc(F)c(F)c(NCC2CCCCCC2)c1. The Balaban J connectivity index is 1.96. The first kappa shape index (κ1) is 13.2. The summed E-state index contributed by atoms with van der Waals surface area (Å²) in [5, 5.41) is 2.84. The van der Waals surface area contributed by atoms with Gasteiger partial charge in [0.05, 0.1) is 5.69 Å². The molecular weight excluding hydrogens is 239 g/mol. The number of anilines is 1. The van der Waals surface area contributed by atoms with Crippen molar-refractivity contribution in [3.63, 3.8) is 0 Å². The van der Waals surface area contributed by atoms with Gasteiger partial charge in [-0.3, -0.25) is 0 Å². The fraction of sp³-hybridized carbons (Fsp3) is 0.571. The molecule has 100 valence electrons. The van der Waals surface area contributed by atoms with Crippen molar-refractivity contribution in [2.45, 2.75) is 38.5 Å². The molecule has 0 atom stereocenters.